The number of carbonyl (C=O) groups is 1. The second-order valence-electron chi connectivity index (χ2n) is 9.63. The van der Waals surface area contributed by atoms with Gasteiger partial charge in [-0.15, -0.1) is 0 Å². The summed E-state index contributed by atoms with van der Waals surface area (Å²) >= 11 is 0. The SMILES string of the molecule is C[C@@H](Oc1cc(-c2ccn(C(C)(C)C)n2)cc2ncn(C3CC3)c12)[C@H]1CNC(=O)C1. The maximum absolute atomic E-state index is 11.7. The van der Waals surface area contributed by atoms with Crippen LogP contribution in [0, 0.1) is 5.92 Å². The molecule has 1 N–H and O–H groups in total. The summed E-state index contributed by atoms with van der Waals surface area (Å²) in [4.78, 5) is 16.3. The van der Waals surface area contributed by atoms with E-state index in [2.05, 4.69) is 54.7 Å². The highest BCUT2D eigenvalue weighted by Gasteiger charge is 2.30. The Morgan fingerprint density at radius 1 is 1.27 bits per heavy atom. The molecule has 0 bridgehead atoms. The molecule has 30 heavy (non-hydrogen) atoms. The number of aromatic nitrogens is 4. The quantitative estimate of drug-likeness (QED) is 0.696. The Kier molecular flexibility index (Phi) is 4.38. The third kappa shape index (κ3) is 3.46. The first-order valence-electron chi connectivity index (χ1n) is 10.8. The highest BCUT2D eigenvalue weighted by molar-refractivity contribution is 5.87. The fourth-order valence-electron chi connectivity index (χ4n) is 4.11. The zero-order valence-corrected chi connectivity index (χ0v) is 18.1. The fraction of sp³-hybridized carbons (Fsp3) is 0.522. The van der Waals surface area contributed by atoms with E-state index in [-0.39, 0.29) is 23.5 Å². The van der Waals surface area contributed by atoms with Gasteiger partial charge in [-0.1, -0.05) is 0 Å². The Labute approximate surface area is 176 Å². The Morgan fingerprint density at radius 3 is 2.70 bits per heavy atom. The lowest BCUT2D eigenvalue weighted by Gasteiger charge is -2.21. The number of fused-ring (bicyclic) bond motifs is 1. The van der Waals surface area contributed by atoms with Crippen molar-refractivity contribution in [3.63, 3.8) is 0 Å². The molecule has 7 heteroatoms. The van der Waals surface area contributed by atoms with Crippen LogP contribution in [0.3, 0.4) is 0 Å². The van der Waals surface area contributed by atoms with Crippen molar-refractivity contribution in [3.8, 4) is 17.0 Å². The van der Waals surface area contributed by atoms with Crippen LogP contribution >= 0.6 is 0 Å². The van der Waals surface area contributed by atoms with Gasteiger partial charge >= 0.3 is 0 Å². The first-order chi connectivity index (χ1) is 14.3. The van der Waals surface area contributed by atoms with Crippen molar-refractivity contribution in [3.05, 3.63) is 30.7 Å². The Balaban J connectivity index is 1.55. The number of carbonyl (C=O) groups excluding carboxylic acids is 1. The van der Waals surface area contributed by atoms with E-state index in [1.807, 2.05) is 23.3 Å². The molecule has 0 spiro atoms. The number of rotatable bonds is 5. The number of ether oxygens (including phenoxy) is 1. The zero-order chi connectivity index (χ0) is 21.0. The van der Waals surface area contributed by atoms with Gasteiger partial charge in [0.05, 0.1) is 23.1 Å². The molecule has 0 unspecified atom stereocenters. The Hall–Kier alpha value is -2.83. The van der Waals surface area contributed by atoms with Crippen molar-refractivity contribution in [2.45, 2.75) is 64.6 Å². The highest BCUT2D eigenvalue weighted by Crippen LogP contribution is 2.41. The molecule has 1 aliphatic heterocycles. The minimum Gasteiger partial charge on any atom is -0.488 e. The molecular weight excluding hydrogens is 378 g/mol. The second-order valence-corrected chi connectivity index (χ2v) is 9.63. The van der Waals surface area contributed by atoms with E-state index in [0.717, 1.165) is 28.0 Å². The molecule has 1 saturated heterocycles. The molecule has 0 radical (unpaired) electrons. The molecule has 1 aromatic carbocycles. The summed E-state index contributed by atoms with van der Waals surface area (Å²) in [7, 11) is 0. The topological polar surface area (TPSA) is 74.0 Å². The number of benzene rings is 1. The number of hydrogen-bond acceptors (Lipinski definition) is 4. The molecule has 1 saturated carbocycles. The average molecular weight is 408 g/mol. The second kappa shape index (κ2) is 6.86. The maximum Gasteiger partial charge on any atom is 0.220 e. The van der Waals surface area contributed by atoms with Crippen molar-refractivity contribution < 1.29 is 9.53 Å². The van der Waals surface area contributed by atoms with Crippen LogP contribution in [0.2, 0.25) is 0 Å². The summed E-state index contributed by atoms with van der Waals surface area (Å²) in [6, 6.07) is 6.73. The molecule has 158 valence electrons. The first kappa shape index (κ1) is 19.2. The van der Waals surface area contributed by atoms with E-state index in [0.29, 0.717) is 19.0 Å². The predicted molar refractivity (Wildman–Crippen MR) is 115 cm³/mol. The average Bonchev–Trinajstić information content (AvgIpc) is 3.10. The van der Waals surface area contributed by atoms with E-state index in [1.165, 1.54) is 12.8 Å². The Bertz CT molecular complexity index is 1100. The van der Waals surface area contributed by atoms with E-state index < -0.39 is 0 Å². The number of nitrogens with one attached hydrogen (secondary N) is 1. The van der Waals surface area contributed by atoms with Gasteiger partial charge in [0.25, 0.3) is 0 Å². The van der Waals surface area contributed by atoms with Crippen molar-refractivity contribution >= 4 is 16.9 Å². The number of hydrogen-bond donors (Lipinski definition) is 1. The van der Waals surface area contributed by atoms with Gasteiger partial charge in [0.15, 0.2) is 0 Å². The summed E-state index contributed by atoms with van der Waals surface area (Å²) in [5.74, 6) is 1.10. The van der Waals surface area contributed by atoms with Gasteiger partial charge in [-0.05, 0) is 58.7 Å². The molecule has 7 nitrogen and oxygen atoms in total. The largest absolute Gasteiger partial charge is 0.488 e. The van der Waals surface area contributed by atoms with Crippen LogP contribution < -0.4 is 10.1 Å². The third-order valence-electron chi connectivity index (χ3n) is 6.13. The van der Waals surface area contributed by atoms with Crippen LogP contribution in [0.5, 0.6) is 5.75 Å². The van der Waals surface area contributed by atoms with E-state index in [1.54, 1.807) is 0 Å². The lowest BCUT2D eigenvalue weighted by atomic mass is 10.0. The predicted octanol–water partition coefficient (Wildman–Crippen LogP) is 3.89. The molecular formula is C23H29N5O2. The van der Waals surface area contributed by atoms with Crippen molar-refractivity contribution in [1.82, 2.24) is 24.6 Å². The van der Waals surface area contributed by atoms with Crippen LogP contribution in [0.15, 0.2) is 30.7 Å². The zero-order valence-electron chi connectivity index (χ0n) is 18.1. The van der Waals surface area contributed by atoms with E-state index in [9.17, 15) is 4.79 Å². The van der Waals surface area contributed by atoms with Gasteiger partial charge in [-0.2, -0.15) is 5.10 Å². The summed E-state index contributed by atoms with van der Waals surface area (Å²) in [6.45, 7) is 9.13. The molecule has 2 atom stereocenters. The lowest BCUT2D eigenvalue weighted by molar-refractivity contribution is -0.119. The smallest absolute Gasteiger partial charge is 0.220 e. The minimum atomic E-state index is -0.0776. The molecule has 2 fully saturated rings. The van der Waals surface area contributed by atoms with Crippen LogP contribution in [0.1, 0.15) is 53.0 Å². The third-order valence-corrected chi connectivity index (χ3v) is 6.13. The molecule has 3 aromatic rings. The standard InChI is InChI=1S/C23H29N5O2/c1-14(16-11-21(29)24-12-16)30-20-10-15(18-7-8-28(26-18)23(2,3)4)9-19-22(20)27(13-25-19)17-5-6-17/h7-10,13-14,16-17H,5-6,11-12H2,1-4H3,(H,24,29)/t14-,16-/m1/s1. The van der Waals surface area contributed by atoms with Crippen LogP contribution in [0.4, 0.5) is 0 Å². The van der Waals surface area contributed by atoms with Crippen molar-refractivity contribution in [1.29, 1.82) is 0 Å². The summed E-state index contributed by atoms with van der Waals surface area (Å²) in [5.41, 5.74) is 3.79. The van der Waals surface area contributed by atoms with Gasteiger partial charge in [0.1, 0.15) is 17.4 Å². The fourth-order valence-corrected chi connectivity index (χ4v) is 4.11. The summed E-state index contributed by atoms with van der Waals surface area (Å²) in [6.07, 6.45) is 6.75. The monoisotopic (exact) mass is 407 g/mol. The maximum atomic E-state index is 11.7. The first-order valence-corrected chi connectivity index (χ1v) is 10.8. The molecule has 1 amide bonds. The van der Waals surface area contributed by atoms with Crippen molar-refractivity contribution in [2.24, 2.45) is 5.92 Å². The highest BCUT2D eigenvalue weighted by atomic mass is 16.5. The molecule has 2 aliphatic rings. The number of nitrogens with zero attached hydrogens (tertiary/aromatic N) is 4. The van der Waals surface area contributed by atoms with E-state index >= 15 is 0 Å². The molecule has 1 aliphatic carbocycles. The van der Waals surface area contributed by atoms with E-state index in [4.69, 9.17) is 9.84 Å². The van der Waals surface area contributed by atoms with Gasteiger partial charge in [-0.3, -0.25) is 9.48 Å². The van der Waals surface area contributed by atoms with Gasteiger partial charge in [-0.25, -0.2) is 4.98 Å². The van der Waals surface area contributed by atoms with Gasteiger partial charge in [0.2, 0.25) is 5.91 Å². The van der Waals surface area contributed by atoms with Crippen LogP contribution in [0.25, 0.3) is 22.3 Å². The van der Waals surface area contributed by atoms with Gasteiger partial charge < -0.3 is 14.6 Å². The molecule has 2 aromatic heterocycles. The lowest BCUT2D eigenvalue weighted by Crippen LogP contribution is -2.25. The number of imidazole rings is 1. The summed E-state index contributed by atoms with van der Waals surface area (Å²) < 4.78 is 10.7. The Morgan fingerprint density at radius 2 is 2.07 bits per heavy atom. The van der Waals surface area contributed by atoms with Gasteiger partial charge in [0, 0.05) is 36.7 Å². The normalized spacial score (nSPS) is 20.5. The van der Waals surface area contributed by atoms with Crippen LogP contribution in [-0.2, 0) is 10.3 Å². The number of amides is 1. The minimum absolute atomic E-state index is 0.0721. The van der Waals surface area contributed by atoms with Crippen molar-refractivity contribution in [2.75, 3.05) is 6.54 Å². The summed E-state index contributed by atoms with van der Waals surface area (Å²) in [5, 5.41) is 7.71. The van der Waals surface area contributed by atoms with Crippen LogP contribution in [-0.4, -0.2) is 37.9 Å². The molecule has 5 rings (SSSR count). The molecule has 3 heterocycles.